The van der Waals surface area contributed by atoms with Crippen LogP contribution in [0.5, 0.6) is 0 Å². The number of amides is 2. The number of primary amides is 1. The molecule has 2 heterocycles. The Morgan fingerprint density at radius 3 is 2.65 bits per heavy atom. The average molecular weight is 310 g/mol. The van der Waals surface area contributed by atoms with Crippen LogP contribution in [0.25, 0.3) is 0 Å². The zero-order valence-corrected chi connectivity index (χ0v) is 13.0. The van der Waals surface area contributed by atoms with E-state index in [1.165, 1.54) is 5.56 Å². The summed E-state index contributed by atoms with van der Waals surface area (Å²) in [5.74, 6) is -0.700. The Labute approximate surface area is 134 Å². The van der Waals surface area contributed by atoms with Crippen molar-refractivity contribution in [3.8, 4) is 0 Å². The predicted octanol–water partition coefficient (Wildman–Crippen LogP) is 1.34. The lowest BCUT2D eigenvalue weighted by Gasteiger charge is -2.28. The van der Waals surface area contributed by atoms with E-state index in [1.54, 1.807) is 11.1 Å². The Balaban J connectivity index is 1.81. The SMILES string of the molecule is CCc1ccc(C(=O)N2CCc3cnc(C(N)=O)nc3C2)cc1. The minimum Gasteiger partial charge on any atom is -0.363 e. The van der Waals surface area contributed by atoms with Crippen LogP contribution in [0, 0.1) is 0 Å². The summed E-state index contributed by atoms with van der Waals surface area (Å²) in [6, 6.07) is 7.65. The van der Waals surface area contributed by atoms with Crippen LogP contribution in [0.3, 0.4) is 0 Å². The van der Waals surface area contributed by atoms with Gasteiger partial charge in [0.15, 0.2) is 0 Å². The summed E-state index contributed by atoms with van der Waals surface area (Å²) in [7, 11) is 0. The van der Waals surface area contributed by atoms with Crippen molar-refractivity contribution in [1.29, 1.82) is 0 Å². The molecule has 0 unspecified atom stereocenters. The molecular weight excluding hydrogens is 292 g/mol. The summed E-state index contributed by atoms with van der Waals surface area (Å²) in [5.41, 5.74) is 8.73. The number of benzene rings is 1. The highest BCUT2D eigenvalue weighted by Gasteiger charge is 2.24. The van der Waals surface area contributed by atoms with Gasteiger partial charge in [-0.25, -0.2) is 9.97 Å². The van der Waals surface area contributed by atoms with Gasteiger partial charge in [-0.05, 0) is 36.1 Å². The van der Waals surface area contributed by atoms with E-state index in [0.29, 0.717) is 30.8 Å². The Bertz CT molecular complexity index is 756. The van der Waals surface area contributed by atoms with E-state index in [2.05, 4.69) is 16.9 Å². The van der Waals surface area contributed by atoms with Crippen LogP contribution in [0.15, 0.2) is 30.5 Å². The van der Waals surface area contributed by atoms with Crippen LogP contribution in [-0.2, 0) is 19.4 Å². The summed E-state index contributed by atoms with van der Waals surface area (Å²) in [5, 5.41) is 0. The Morgan fingerprint density at radius 1 is 1.26 bits per heavy atom. The van der Waals surface area contributed by atoms with Gasteiger partial charge in [0, 0.05) is 18.3 Å². The highest BCUT2D eigenvalue weighted by molar-refractivity contribution is 5.94. The second-order valence-corrected chi connectivity index (χ2v) is 5.56. The van der Waals surface area contributed by atoms with Crippen molar-refractivity contribution < 1.29 is 9.59 Å². The predicted molar refractivity (Wildman–Crippen MR) is 84.8 cm³/mol. The first-order valence-electron chi connectivity index (χ1n) is 7.61. The monoisotopic (exact) mass is 310 g/mol. The summed E-state index contributed by atoms with van der Waals surface area (Å²) in [6.07, 6.45) is 3.24. The number of hydrogen-bond donors (Lipinski definition) is 1. The van der Waals surface area contributed by atoms with Gasteiger partial charge in [0.05, 0.1) is 12.2 Å². The van der Waals surface area contributed by atoms with Gasteiger partial charge in [-0.15, -0.1) is 0 Å². The first-order valence-corrected chi connectivity index (χ1v) is 7.61. The lowest BCUT2D eigenvalue weighted by Crippen LogP contribution is -2.37. The van der Waals surface area contributed by atoms with Gasteiger partial charge in [0.25, 0.3) is 11.8 Å². The molecular formula is C17H18N4O2. The van der Waals surface area contributed by atoms with Crippen LogP contribution in [0.1, 0.15) is 44.7 Å². The van der Waals surface area contributed by atoms with Crippen molar-refractivity contribution in [2.75, 3.05) is 6.54 Å². The lowest BCUT2D eigenvalue weighted by atomic mass is 10.0. The summed E-state index contributed by atoms with van der Waals surface area (Å²) in [6.45, 7) is 3.06. The smallest absolute Gasteiger partial charge is 0.286 e. The van der Waals surface area contributed by atoms with Crippen molar-refractivity contribution in [1.82, 2.24) is 14.9 Å². The van der Waals surface area contributed by atoms with Crippen molar-refractivity contribution in [3.05, 3.63) is 58.7 Å². The molecule has 1 aliphatic rings. The van der Waals surface area contributed by atoms with Crippen molar-refractivity contribution in [2.45, 2.75) is 26.3 Å². The van der Waals surface area contributed by atoms with E-state index >= 15 is 0 Å². The Hall–Kier alpha value is -2.76. The molecule has 0 fully saturated rings. The third-order valence-electron chi connectivity index (χ3n) is 4.06. The minimum atomic E-state index is -0.661. The zero-order chi connectivity index (χ0) is 16.4. The van der Waals surface area contributed by atoms with Gasteiger partial charge in [0.2, 0.25) is 5.82 Å². The number of hydrogen-bond acceptors (Lipinski definition) is 4. The maximum absolute atomic E-state index is 12.6. The number of carbonyl (C=O) groups excluding carboxylic acids is 2. The number of carbonyl (C=O) groups is 2. The molecule has 0 atom stereocenters. The number of rotatable bonds is 3. The van der Waals surface area contributed by atoms with Crippen molar-refractivity contribution in [2.24, 2.45) is 5.73 Å². The van der Waals surface area contributed by atoms with E-state index in [-0.39, 0.29) is 11.7 Å². The first-order chi connectivity index (χ1) is 11.1. The summed E-state index contributed by atoms with van der Waals surface area (Å²) < 4.78 is 0. The van der Waals surface area contributed by atoms with E-state index in [4.69, 9.17) is 5.73 Å². The van der Waals surface area contributed by atoms with Crippen LogP contribution in [0.4, 0.5) is 0 Å². The standard InChI is InChI=1S/C17H18N4O2/c1-2-11-3-5-12(6-4-11)17(23)21-8-7-13-9-19-16(15(18)22)20-14(13)10-21/h3-6,9H,2,7-8,10H2,1H3,(H2,18,22). The summed E-state index contributed by atoms with van der Waals surface area (Å²) >= 11 is 0. The number of nitrogens with two attached hydrogens (primary N) is 1. The van der Waals surface area contributed by atoms with Gasteiger partial charge in [-0.3, -0.25) is 9.59 Å². The van der Waals surface area contributed by atoms with Gasteiger partial charge in [-0.1, -0.05) is 19.1 Å². The van der Waals surface area contributed by atoms with Gasteiger partial charge >= 0.3 is 0 Å². The topological polar surface area (TPSA) is 89.2 Å². The molecule has 0 spiro atoms. The number of aryl methyl sites for hydroxylation is 1. The van der Waals surface area contributed by atoms with Gasteiger partial charge in [-0.2, -0.15) is 0 Å². The Morgan fingerprint density at radius 2 is 2.00 bits per heavy atom. The molecule has 6 heteroatoms. The Kier molecular flexibility index (Phi) is 4.06. The normalized spacial score (nSPS) is 13.5. The molecule has 1 aliphatic heterocycles. The minimum absolute atomic E-state index is 0.00894. The lowest BCUT2D eigenvalue weighted by molar-refractivity contribution is 0.0731. The van der Waals surface area contributed by atoms with Crippen LogP contribution >= 0.6 is 0 Å². The fourth-order valence-electron chi connectivity index (χ4n) is 2.66. The van der Waals surface area contributed by atoms with E-state index < -0.39 is 5.91 Å². The number of fused-ring (bicyclic) bond motifs is 1. The maximum Gasteiger partial charge on any atom is 0.286 e. The van der Waals surface area contributed by atoms with E-state index in [0.717, 1.165) is 12.0 Å². The molecule has 0 aliphatic carbocycles. The maximum atomic E-state index is 12.6. The summed E-state index contributed by atoms with van der Waals surface area (Å²) in [4.78, 5) is 33.7. The van der Waals surface area contributed by atoms with E-state index in [9.17, 15) is 9.59 Å². The number of aromatic nitrogens is 2. The molecule has 0 saturated heterocycles. The molecule has 118 valence electrons. The highest BCUT2D eigenvalue weighted by Crippen LogP contribution is 2.19. The second-order valence-electron chi connectivity index (χ2n) is 5.56. The van der Waals surface area contributed by atoms with E-state index in [1.807, 2.05) is 24.3 Å². The highest BCUT2D eigenvalue weighted by atomic mass is 16.2. The molecule has 2 N–H and O–H groups in total. The third-order valence-corrected chi connectivity index (χ3v) is 4.06. The van der Waals surface area contributed by atoms with Gasteiger partial charge < -0.3 is 10.6 Å². The molecule has 2 amide bonds. The molecule has 6 nitrogen and oxygen atoms in total. The fraction of sp³-hybridized carbons (Fsp3) is 0.294. The van der Waals surface area contributed by atoms with Crippen LogP contribution in [-0.4, -0.2) is 33.2 Å². The molecule has 0 radical (unpaired) electrons. The molecule has 1 aromatic heterocycles. The van der Waals surface area contributed by atoms with Crippen LogP contribution < -0.4 is 5.73 Å². The largest absolute Gasteiger partial charge is 0.363 e. The first kappa shape index (κ1) is 15.1. The molecule has 0 saturated carbocycles. The van der Waals surface area contributed by atoms with Crippen molar-refractivity contribution in [3.63, 3.8) is 0 Å². The molecule has 3 rings (SSSR count). The second kappa shape index (κ2) is 6.16. The van der Waals surface area contributed by atoms with Gasteiger partial charge in [0.1, 0.15) is 0 Å². The molecule has 23 heavy (non-hydrogen) atoms. The van der Waals surface area contributed by atoms with Crippen LogP contribution in [0.2, 0.25) is 0 Å². The fourth-order valence-corrected chi connectivity index (χ4v) is 2.66. The molecule has 0 bridgehead atoms. The molecule has 1 aromatic carbocycles. The average Bonchev–Trinajstić information content (AvgIpc) is 2.60. The molecule has 2 aromatic rings. The quantitative estimate of drug-likeness (QED) is 0.926. The van der Waals surface area contributed by atoms with Crippen molar-refractivity contribution >= 4 is 11.8 Å². The zero-order valence-electron chi connectivity index (χ0n) is 13.0. The number of nitrogens with zero attached hydrogens (tertiary/aromatic N) is 3. The third kappa shape index (κ3) is 3.06.